The molecular weight excluding hydrogens is 1170 g/mol. The highest BCUT2D eigenvalue weighted by molar-refractivity contribution is 5.99. The number of likely N-dealkylation sites (tertiary alicyclic amines) is 2. The monoisotopic (exact) mass is 1260 g/mol. The topological polar surface area (TPSA) is 536 Å². The number of nitrogens with one attached hydrogen (secondary N) is 8. The highest BCUT2D eigenvalue weighted by atomic mass is 16.7. The lowest BCUT2D eigenvalue weighted by molar-refractivity contribution is -0.282. The number of hydrogen-bond donors (Lipinski definition) is 18. The number of primary amides is 1. The molecule has 4 saturated heterocycles. The van der Waals surface area contributed by atoms with E-state index in [1.165, 1.54) is 18.7 Å². The molecule has 4 fully saturated rings. The van der Waals surface area contributed by atoms with Gasteiger partial charge in [-0.2, -0.15) is 0 Å². The average Bonchev–Trinajstić information content (AvgIpc) is 1.84. The lowest BCUT2D eigenvalue weighted by Gasteiger charge is -2.44. The van der Waals surface area contributed by atoms with Gasteiger partial charge in [0.25, 0.3) is 0 Å². The molecule has 500 valence electrons. The number of aliphatic hydroxyl groups is 9. The molecule has 0 radical (unpaired) electrons. The number of aliphatic hydroxyl groups excluding tert-OH is 9. The zero-order valence-electron chi connectivity index (χ0n) is 50.5. The fourth-order valence-electron chi connectivity index (χ4n) is 10.7. The minimum atomic E-state index is -2.13. The van der Waals surface area contributed by atoms with Gasteiger partial charge in [0.1, 0.15) is 97.0 Å². The van der Waals surface area contributed by atoms with Gasteiger partial charge >= 0.3 is 0 Å². The van der Waals surface area contributed by atoms with E-state index in [0.29, 0.717) is 6.42 Å². The highest BCUT2D eigenvalue weighted by Crippen LogP contribution is 2.28. The minimum Gasteiger partial charge on any atom is -0.394 e. The lowest BCUT2D eigenvalue weighted by Crippen LogP contribution is -2.68. The molecule has 0 spiro atoms. The van der Waals surface area contributed by atoms with Crippen LogP contribution in [-0.4, -0.2) is 288 Å². The van der Waals surface area contributed by atoms with E-state index in [9.17, 15) is 89.1 Å². The highest BCUT2D eigenvalue weighted by Gasteiger charge is 2.51. The van der Waals surface area contributed by atoms with E-state index >= 15 is 9.59 Å². The Kier molecular flexibility index (Phi) is 28.2. The predicted octanol–water partition coefficient (Wildman–Crippen LogP) is -10.1. The third-order valence-electron chi connectivity index (χ3n) is 15.8. The Bertz CT molecular complexity index is 2460. The second kappa shape index (κ2) is 33.5. The van der Waals surface area contributed by atoms with Crippen LogP contribution in [0.5, 0.6) is 0 Å². The first-order valence-electron chi connectivity index (χ1n) is 29.0. The molecule has 23 atom stereocenters. The first kappa shape index (κ1) is 74.1. The molecule has 11 amide bonds. The molecule has 0 saturated carbocycles. The summed E-state index contributed by atoms with van der Waals surface area (Å²) in [5.74, 6) is -11.6. The van der Waals surface area contributed by atoms with Crippen LogP contribution in [0.1, 0.15) is 94.4 Å². The molecule has 35 heteroatoms. The van der Waals surface area contributed by atoms with Crippen LogP contribution in [0, 0.1) is 5.92 Å². The van der Waals surface area contributed by atoms with E-state index in [1.807, 2.05) is 0 Å². The van der Waals surface area contributed by atoms with Crippen molar-refractivity contribution in [1.82, 2.24) is 52.3 Å². The molecular formula is C53H89N11O24. The van der Waals surface area contributed by atoms with Crippen LogP contribution in [0.25, 0.3) is 0 Å². The van der Waals surface area contributed by atoms with Crippen molar-refractivity contribution in [2.45, 2.75) is 228 Å². The molecule has 4 heterocycles. The normalized spacial score (nSPS) is 29.2. The van der Waals surface area contributed by atoms with E-state index in [1.54, 1.807) is 13.8 Å². The summed E-state index contributed by atoms with van der Waals surface area (Å²) in [7, 11) is 0. The number of nitrogens with two attached hydrogens (primary N) is 1. The zero-order chi connectivity index (χ0) is 66.3. The van der Waals surface area contributed by atoms with Crippen molar-refractivity contribution < 1.29 is 118 Å². The van der Waals surface area contributed by atoms with Crippen LogP contribution in [0.2, 0.25) is 0 Å². The number of carbonyl (C=O) groups is 11. The quantitative estimate of drug-likeness (QED) is 0.0331. The molecule has 0 unspecified atom stereocenters. The summed E-state index contributed by atoms with van der Waals surface area (Å²) >= 11 is 0. The molecule has 0 aliphatic carbocycles. The third-order valence-corrected chi connectivity index (χ3v) is 15.8. The van der Waals surface area contributed by atoms with Gasteiger partial charge in [-0.15, -0.1) is 0 Å². The van der Waals surface area contributed by atoms with Gasteiger partial charge in [0.05, 0.1) is 44.2 Å². The Morgan fingerprint density at radius 3 is 1.38 bits per heavy atom. The number of nitrogens with zero attached hydrogens (tertiary/aromatic N) is 2. The number of rotatable bonds is 29. The molecule has 35 nitrogen and oxygen atoms in total. The van der Waals surface area contributed by atoms with Crippen molar-refractivity contribution in [3.8, 4) is 0 Å². The number of hydrogen-bond acceptors (Lipinski definition) is 24. The average molecular weight is 1260 g/mol. The Labute approximate surface area is 506 Å². The van der Waals surface area contributed by atoms with Gasteiger partial charge in [0.2, 0.25) is 65.0 Å². The second-order valence-corrected chi connectivity index (χ2v) is 22.6. The van der Waals surface area contributed by atoms with Crippen LogP contribution >= 0.6 is 0 Å². The van der Waals surface area contributed by atoms with Gasteiger partial charge in [-0.05, 0) is 59.3 Å². The van der Waals surface area contributed by atoms with E-state index in [0.717, 1.165) is 39.5 Å². The molecule has 4 aliphatic heterocycles. The first-order valence-corrected chi connectivity index (χ1v) is 29.0. The fraction of sp³-hybridized carbons (Fsp3) is 0.792. The maximum Gasteiger partial charge on any atom is 0.248 e. The van der Waals surface area contributed by atoms with Gasteiger partial charge < -0.3 is 123 Å². The summed E-state index contributed by atoms with van der Waals surface area (Å²) in [6, 6.07) is -16.8. The lowest BCUT2D eigenvalue weighted by atomic mass is 9.96. The maximum absolute atomic E-state index is 15.4. The van der Waals surface area contributed by atoms with Crippen LogP contribution in [0.15, 0.2) is 0 Å². The zero-order valence-corrected chi connectivity index (χ0v) is 50.5. The van der Waals surface area contributed by atoms with Gasteiger partial charge in [0.15, 0.2) is 12.6 Å². The Hall–Kier alpha value is -6.35. The van der Waals surface area contributed by atoms with Crippen molar-refractivity contribution in [3.63, 3.8) is 0 Å². The number of carbonyl (C=O) groups excluding carboxylic acids is 11. The van der Waals surface area contributed by atoms with Gasteiger partial charge in [-0.25, -0.2) is 0 Å². The van der Waals surface area contributed by atoms with E-state index in [4.69, 9.17) is 24.7 Å². The van der Waals surface area contributed by atoms with E-state index in [-0.39, 0.29) is 38.8 Å². The smallest absolute Gasteiger partial charge is 0.248 e. The van der Waals surface area contributed by atoms with E-state index < -0.39 is 225 Å². The summed E-state index contributed by atoms with van der Waals surface area (Å²) in [6.07, 6.45) is -20.2. The molecule has 0 aromatic carbocycles. The summed E-state index contributed by atoms with van der Waals surface area (Å²) in [6.45, 7) is 8.25. The Morgan fingerprint density at radius 2 is 0.955 bits per heavy atom. The largest absolute Gasteiger partial charge is 0.394 e. The Balaban J connectivity index is 1.82. The summed E-state index contributed by atoms with van der Waals surface area (Å²) in [4.78, 5) is 152. The molecule has 19 N–H and O–H groups in total. The predicted molar refractivity (Wildman–Crippen MR) is 298 cm³/mol. The van der Waals surface area contributed by atoms with Crippen molar-refractivity contribution in [2.24, 2.45) is 11.7 Å². The maximum atomic E-state index is 15.4. The van der Waals surface area contributed by atoms with E-state index in [2.05, 4.69) is 42.5 Å². The molecule has 4 rings (SSSR count). The van der Waals surface area contributed by atoms with Crippen LogP contribution in [0.4, 0.5) is 0 Å². The SMILES string of the molecule is CC[C@H](C)[C@H](NC(=O)[C@@H]1CCCN1C(=O)[C@@H](NC(=O)[C@@H](NC(=O)[C@@H](NC(=O)[C@@H]1CCCN1C(C)=O)[C@@H](C)O)[C@@H](C)O[C@H]1O[C@H](CO)[C@H](O)[C@H](O)[C@H]1NC(C)=O)[C@@H](C)O[C@H]1O[C@H](CO)[C@H](O)[C@H](O)[C@H]1NC(C)=O)C(=O)N[C@@H](CO)C(=O)N[C@H](C(N)=O)[C@@H](C)O. The van der Waals surface area contributed by atoms with Crippen molar-refractivity contribution in [2.75, 3.05) is 32.9 Å². The summed E-state index contributed by atoms with van der Waals surface area (Å²) in [5.41, 5.74) is 5.29. The summed E-state index contributed by atoms with van der Waals surface area (Å²) < 4.78 is 23.8. The first-order chi connectivity index (χ1) is 41.2. The van der Waals surface area contributed by atoms with Crippen molar-refractivity contribution in [3.05, 3.63) is 0 Å². The Morgan fingerprint density at radius 1 is 0.545 bits per heavy atom. The molecule has 0 bridgehead atoms. The molecule has 88 heavy (non-hydrogen) atoms. The number of amides is 11. The third kappa shape index (κ3) is 18.9. The summed E-state index contributed by atoms with van der Waals surface area (Å²) in [5, 5.41) is 114. The van der Waals surface area contributed by atoms with Gasteiger partial charge in [0, 0.05) is 33.9 Å². The van der Waals surface area contributed by atoms with Gasteiger partial charge in [-0.1, -0.05) is 20.3 Å². The molecule has 4 aliphatic rings. The van der Waals surface area contributed by atoms with Crippen LogP contribution < -0.4 is 48.3 Å². The molecule has 0 aromatic rings. The van der Waals surface area contributed by atoms with Gasteiger partial charge in [-0.3, -0.25) is 52.7 Å². The van der Waals surface area contributed by atoms with Crippen LogP contribution in [-0.2, 0) is 71.7 Å². The second-order valence-electron chi connectivity index (χ2n) is 22.6. The number of ether oxygens (including phenoxy) is 4. The van der Waals surface area contributed by atoms with Crippen molar-refractivity contribution >= 4 is 65.0 Å². The standard InChI is InChI=1S/C53H89N11O24/c1-10-20(2)33(48(81)57-28(17-65)45(78)59-34(21(3)68)44(54)77)58-47(80)30-14-12-16-64(30)51(84)37(24(6)86-53-39(56-26(8)71)43(76)41(74)32(19-67)88-53)62-50(83)36(23(5)85-52-38(55-25(7)70)42(75)40(73)31(18-66)87-52)61-49(82)35(22(4)69)60-46(79)29-13-11-15-63(29)27(9)72/h20-24,28-43,52-53,65-69,73-76H,10-19H2,1-9H3,(H2,54,77)(H,55,70)(H,56,71)(H,57,81)(H,58,80)(H,59,78)(H,60,79)(H,61,82)(H,62,83)/t20-,21+,22+,23+,24+,28-,29-,30-,31+,32+,33-,34-,35-,36-,37-,38+,39+,40-,41-,42+,43+,52-,53-/m0/s1. The molecule has 0 aromatic heterocycles. The fourth-order valence-corrected chi connectivity index (χ4v) is 10.7. The van der Waals surface area contributed by atoms with Crippen molar-refractivity contribution in [1.29, 1.82) is 0 Å². The van der Waals surface area contributed by atoms with Crippen LogP contribution in [0.3, 0.4) is 0 Å². The minimum absolute atomic E-state index is 0.0935.